The molecule has 0 bridgehead atoms. The van der Waals surface area contributed by atoms with Crippen LogP contribution in [0.25, 0.3) is 5.82 Å². The van der Waals surface area contributed by atoms with E-state index in [-0.39, 0.29) is 5.91 Å². The quantitative estimate of drug-likeness (QED) is 0.505. The number of rotatable bonds is 8. The number of ether oxygens (including phenoxy) is 1. The van der Waals surface area contributed by atoms with Crippen LogP contribution in [-0.2, 0) is 0 Å². The van der Waals surface area contributed by atoms with Gasteiger partial charge in [0.25, 0.3) is 5.91 Å². The molecule has 1 fully saturated rings. The van der Waals surface area contributed by atoms with Crippen molar-refractivity contribution < 1.29 is 9.53 Å². The van der Waals surface area contributed by atoms with Gasteiger partial charge in [0, 0.05) is 50.2 Å². The number of anilines is 1. The minimum atomic E-state index is 0.0557. The van der Waals surface area contributed by atoms with Gasteiger partial charge in [0.15, 0.2) is 0 Å². The first-order chi connectivity index (χ1) is 15.6. The van der Waals surface area contributed by atoms with E-state index in [1.807, 2.05) is 52.9 Å². The molecule has 3 heterocycles. The average molecular weight is 435 g/mol. The number of amides is 1. The second-order valence-electron chi connectivity index (χ2n) is 7.96. The van der Waals surface area contributed by atoms with Crippen LogP contribution < -0.4 is 9.64 Å². The van der Waals surface area contributed by atoms with Gasteiger partial charge in [0.1, 0.15) is 29.5 Å². The van der Waals surface area contributed by atoms with Gasteiger partial charge in [-0.15, -0.1) is 0 Å². The van der Waals surface area contributed by atoms with Gasteiger partial charge in [0.05, 0.1) is 6.61 Å². The van der Waals surface area contributed by atoms with Crippen molar-refractivity contribution >= 4 is 11.7 Å². The molecule has 8 nitrogen and oxygen atoms in total. The monoisotopic (exact) mass is 434 g/mol. The lowest BCUT2D eigenvalue weighted by Gasteiger charge is -2.35. The summed E-state index contributed by atoms with van der Waals surface area (Å²) in [6, 6.07) is 9.45. The standard InChI is InChI=1S/C24H30N6O2/c1-3-4-5-16-32-21-8-6-20(7-9-21)24(31)29-14-12-28(13-15-29)22-17-23(27-19(2)26-22)30-11-10-25-18-30/h6-11,17-18H,3-5,12-16H2,1-2H3. The fourth-order valence-electron chi connectivity index (χ4n) is 3.78. The molecule has 32 heavy (non-hydrogen) atoms. The zero-order chi connectivity index (χ0) is 22.3. The summed E-state index contributed by atoms with van der Waals surface area (Å²) < 4.78 is 7.62. The molecule has 0 N–H and O–H groups in total. The molecule has 3 aromatic rings. The maximum atomic E-state index is 12.9. The number of hydrogen-bond acceptors (Lipinski definition) is 6. The molecule has 1 aliphatic rings. The van der Waals surface area contributed by atoms with Gasteiger partial charge in [-0.2, -0.15) is 0 Å². The van der Waals surface area contributed by atoms with Crippen molar-refractivity contribution in [2.75, 3.05) is 37.7 Å². The number of carbonyl (C=O) groups is 1. The third kappa shape index (κ3) is 5.25. The summed E-state index contributed by atoms with van der Waals surface area (Å²) in [5.74, 6) is 3.25. The minimum absolute atomic E-state index is 0.0557. The smallest absolute Gasteiger partial charge is 0.253 e. The van der Waals surface area contributed by atoms with E-state index in [9.17, 15) is 4.79 Å². The van der Waals surface area contributed by atoms with Crippen LogP contribution in [-0.4, -0.2) is 63.1 Å². The van der Waals surface area contributed by atoms with E-state index in [2.05, 4.69) is 26.8 Å². The number of aryl methyl sites for hydroxylation is 1. The molecule has 1 aromatic carbocycles. The Labute approximate surface area is 188 Å². The Hall–Kier alpha value is -3.42. The van der Waals surface area contributed by atoms with E-state index in [4.69, 9.17) is 4.74 Å². The highest BCUT2D eigenvalue weighted by molar-refractivity contribution is 5.94. The molecule has 4 rings (SSSR count). The highest BCUT2D eigenvalue weighted by Gasteiger charge is 2.23. The molecular formula is C24H30N6O2. The first-order valence-electron chi connectivity index (χ1n) is 11.2. The summed E-state index contributed by atoms with van der Waals surface area (Å²) in [7, 11) is 0. The number of benzene rings is 1. The number of hydrogen-bond donors (Lipinski definition) is 0. The normalized spacial score (nSPS) is 13.9. The van der Waals surface area contributed by atoms with E-state index in [1.54, 1.807) is 12.5 Å². The van der Waals surface area contributed by atoms with Gasteiger partial charge in [-0.3, -0.25) is 9.36 Å². The molecule has 1 amide bonds. The Morgan fingerprint density at radius 3 is 2.47 bits per heavy atom. The summed E-state index contributed by atoms with van der Waals surface area (Å²) in [5.41, 5.74) is 0.694. The maximum Gasteiger partial charge on any atom is 0.253 e. The van der Waals surface area contributed by atoms with E-state index >= 15 is 0 Å². The van der Waals surface area contributed by atoms with E-state index < -0.39 is 0 Å². The lowest BCUT2D eigenvalue weighted by molar-refractivity contribution is 0.0746. The Morgan fingerprint density at radius 1 is 1.03 bits per heavy atom. The first kappa shape index (κ1) is 21.8. The van der Waals surface area contributed by atoms with Crippen LogP contribution in [0, 0.1) is 6.92 Å². The lowest BCUT2D eigenvalue weighted by Crippen LogP contribution is -2.49. The summed E-state index contributed by atoms with van der Waals surface area (Å²) in [4.78, 5) is 30.2. The Bertz CT molecular complexity index is 1010. The van der Waals surface area contributed by atoms with E-state index in [0.29, 0.717) is 31.1 Å². The summed E-state index contributed by atoms with van der Waals surface area (Å²) in [6.45, 7) is 7.53. The van der Waals surface area contributed by atoms with Crippen LogP contribution in [0.15, 0.2) is 49.1 Å². The predicted octanol–water partition coefficient (Wildman–Crippen LogP) is 3.50. The highest BCUT2D eigenvalue weighted by atomic mass is 16.5. The number of carbonyl (C=O) groups excluding carboxylic acids is 1. The fraction of sp³-hybridized carbons (Fsp3) is 0.417. The predicted molar refractivity (Wildman–Crippen MR) is 123 cm³/mol. The Balaban J connectivity index is 1.34. The van der Waals surface area contributed by atoms with E-state index in [1.165, 1.54) is 12.8 Å². The van der Waals surface area contributed by atoms with Gasteiger partial charge >= 0.3 is 0 Å². The minimum Gasteiger partial charge on any atom is -0.494 e. The fourth-order valence-corrected chi connectivity index (χ4v) is 3.78. The molecule has 0 unspecified atom stereocenters. The second kappa shape index (κ2) is 10.3. The van der Waals surface area contributed by atoms with Crippen LogP contribution in [0.2, 0.25) is 0 Å². The maximum absolute atomic E-state index is 12.9. The zero-order valence-corrected chi connectivity index (χ0v) is 18.8. The van der Waals surface area contributed by atoms with Crippen LogP contribution in [0.5, 0.6) is 5.75 Å². The van der Waals surface area contributed by atoms with Crippen molar-refractivity contribution in [2.45, 2.75) is 33.1 Å². The molecule has 0 aliphatic carbocycles. The third-order valence-electron chi connectivity index (χ3n) is 5.59. The highest BCUT2D eigenvalue weighted by Crippen LogP contribution is 2.19. The molecule has 0 saturated carbocycles. The SMILES string of the molecule is CCCCCOc1ccc(C(=O)N2CCN(c3cc(-n4ccnc4)nc(C)n3)CC2)cc1. The third-order valence-corrected chi connectivity index (χ3v) is 5.59. The Kier molecular flexibility index (Phi) is 6.99. The van der Waals surface area contributed by atoms with Crippen molar-refractivity contribution in [3.8, 4) is 11.6 Å². The molecule has 8 heteroatoms. The summed E-state index contributed by atoms with van der Waals surface area (Å²) in [5, 5.41) is 0. The van der Waals surface area contributed by atoms with Gasteiger partial charge in [-0.1, -0.05) is 19.8 Å². The summed E-state index contributed by atoms with van der Waals surface area (Å²) >= 11 is 0. The number of unbranched alkanes of at least 4 members (excludes halogenated alkanes) is 2. The molecule has 168 valence electrons. The molecule has 2 aromatic heterocycles. The average Bonchev–Trinajstić information content (AvgIpc) is 3.37. The van der Waals surface area contributed by atoms with Crippen molar-refractivity contribution in [1.82, 2.24) is 24.4 Å². The largest absolute Gasteiger partial charge is 0.494 e. The zero-order valence-electron chi connectivity index (χ0n) is 18.8. The Morgan fingerprint density at radius 2 is 1.78 bits per heavy atom. The first-order valence-corrected chi connectivity index (χ1v) is 11.2. The van der Waals surface area contributed by atoms with Crippen molar-refractivity contribution in [1.29, 1.82) is 0 Å². The van der Waals surface area contributed by atoms with Crippen LogP contribution in [0.4, 0.5) is 5.82 Å². The van der Waals surface area contributed by atoms with Crippen LogP contribution in [0.3, 0.4) is 0 Å². The van der Waals surface area contributed by atoms with Crippen molar-refractivity contribution in [3.05, 3.63) is 60.4 Å². The number of imidazole rings is 1. The summed E-state index contributed by atoms with van der Waals surface area (Å²) in [6.07, 6.45) is 8.71. The van der Waals surface area contributed by atoms with Gasteiger partial charge < -0.3 is 14.5 Å². The van der Waals surface area contributed by atoms with Crippen LogP contribution in [0.1, 0.15) is 42.4 Å². The van der Waals surface area contributed by atoms with Gasteiger partial charge in [-0.05, 0) is 37.6 Å². The van der Waals surface area contributed by atoms with Crippen molar-refractivity contribution in [3.63, 3.8) is 0 Å². The molecule has 0 atom stereocenters. The molecule has 1 aliphatic heterocycles. The number of piperazine rings is 1. The second-order valence-corrected chi connectivity index (χ2v) is 7.96. The van der Waals surface area contributed by atoms with Gasteiger partial charge in [0.2, 0.25) is 0 Å². The number of aromatic nitrogens is 4. The molecule has 0 radical (unpaired) electrons. The molecule has 1 saturated heterocycles. The topological polar surface area (TPSA) is 76.4 Å². The van der Waals surface area contributed by atoms with E-state index in [0.717, 1.165) is 36.9 Å². The number of nitrogens with zero attached hydrogens (tertiary/aromatic N) is 6. The van der Waals surface area contributed by atoms with Crippen LogP contribution >= 0.6 is 0 Å². The lowest BCUT2D eigenvalue weighted by atomic mass is 10.1. The molecular weight excluding hydrogens is 404 g/mol. The molecule has 0 spiro atoms. The van der Waals surface area contributed by atoms with Crippen molar-refractivity contribution in [2.24, 2.45) is 0 Å². The van der Waals surface area contributed by atoms with Gasteiger partial charge in [-0.25, -0.2) is 15.0 Å².